The van der Waals surface area contributed by atoms with Crippen LogP contribution in [0.25, 0.3) is 0 Å². The average molecular weight is 319 g/mol. The van der Waals surface area contributed by atoms with Gasteiger partial charge < -0.3 is 20.3 Å². The monoisotopic (exact) mass is 319 g/mol. The van der Waals surface area contributed by atoms with Crippen LogP contribution in [0.3, 0.4) is 0 Å². The highest BCUT2D eigenvalue weighted by molar-refractivity contribution is 5.78. The van der Waals surface area contributed by atoms with Gasteiger partial charge in [0.25, 0.3) is 5.91 Å². The normalized spacial score (nSPS) is 46.0. The van der Waals surface area contributed by atoms with Crippen molar-refractivity contribution in [2.45, 2.75) is 68.5 Å². The fraction of sp³-hybridized carbons (Fsp3) is 0.882. The molecule has 2 N–H and O–H groups in total. The molecular weight excluding hydrogens is 294 g/mol. The number of hydroxylamine groups is 2. The van der Waals surface area contributed by atoms with E-state index in [0.29, 0.717) is 31.2 Å². The number of nitriles is 1. The van der Waals surface area contributed by atoms with E-state index in [0.717, 1.165) is 38.5 Å². The highest BCUT2D eigenvalue weighted by Gasteiger charge is 2.60. The molecule has 0 radical (unpaired) electrons. The largest absolute Gasteiger partial charge is 0.634 e. The number of quaternary nitrogens is 1. The van der Waals surface area contributed by atoms with Crippen LogP contribution in [-0.2, 0) is 4.79 Å². The van der Waals surface area contributed by atoms with E-state index < -0.39 is 11.1 Å². The van der Waals surface area contributed by atoms with Gasteiger partial charge in [0.15, 0.2) is 6.54 Å². The van der Waals surface area contributed by atoms with E-state index in [1.54, 1.807) is 4.90 Å². The minimum absolute atomic E-state index is 0.0126. The minimum Gasteiger partial charge on any atom is -0.634 e. The predicted molar refractivity (Wildman–Crippen MR) is 81.9 cm³/mol. The summed E-state index contributed by atoms with van der Waals surface area (Å²) in [6.07, 6.45) is 6.58. The summed E-state index contributed by atoms with van der Waals surface area (Å²) < 4.78 is 0. The van der Waals surface area contributed by atoms with Gasteiger partial charge in [-0.1, -0.05) is 0 Å². The number of rotatable bonds is 3. The lowest BCUT2D eigenvalue weighted by atomic mass is 9.51. The van der Waals surface area contributed by atoms with Crippen molar-refractivity contribution in [2.24, 2.45) is 11.8 Å². The van der Waals surface area contributed by atoms with Crippen LogP contribution in [0.1, 0.15) is 51.4 Å². The molecule has 0 aromatic carbocycles. The second-order valence-electron chi connectivity index (χ2n) is 8.44. The molecule has 4 atom stereocenters. The first-order valence-electron chi connectivity index (χ1n) is 8.88. The van der Waals surface area contributed by atoms with Crippen LogP contribution in [0, 0.1) is 28.4 Å². The fourth-order valence-corrected chi connectivity index (χ4v) is 6.17. The Hall–Kier alpha value is -1.16. The minimum atomic E-state index is -0.675. The lowest BCUT2D eigenvalue weighted by molar-refractivity contribution is -0.906. The maximum absolute atomic E-state index is 13.0. The molecule has 0 aromatic rings. The molecule has 5 aliphatic rings. The third kappa shape index (κ3) is 2.46. The zero-order valence-electron chi connectivity index (χ0n) is 13.5. The summed E-state index contributed by atoms with van der Waals surface area (Å²) >= 11 is 0. The molecule has 6 heteroatoms. The number of hydrogen-bond donors (Lipinski definition) is 2. The van der Waals surface area contributed by atoms with Gasteiger partial charge in [0.2, 0.25) is 0 Å². The number of aliphatic hydroxyl groups is 1. The number of carbonyl (C=O) groups is 1. The Morgan fingerprint density at radius 2 is 2.04 bits per heavy atom. The third-order valence-corrected chi connectivity index (χ3v) is 6.66. The highest BCUT2D eigenvalue weighted by atomic mass is 16.5. The van der Waals surface area contributed by atoms with E-state index in [9.17, 15) is 15.1 Å². The molecule has 5 fully saturated rings. The van der Waals surface area contributed by atoms with Crippen molar-refractivity contribution in [3.05, 3.63) is 5.21 Å². The van der Waals surface area contributed by atoms with E-state index in [-0.39, 0.29) is 23.6 Å². The van der Waals surface area contributed by atoms with Crippen molar-refractivity contribution in [1.29, 1.82) is 5.26 Å². The molecule has 4 bridgehead atoms. The molecule has 3 unspecified atom stereocenters. The van der Waals surface area contributed by atoms with Gasteiger partial charge in [0, 0.05) is 25.8 Å². The zero-order valence-corrected chi connectivity index (χ0v) is 13.5. The summed E-state index contributed by atoms with van der Waals surface area (Å²) in [6, 6.07) is 1.80. The van der Waals surface area contributed by atoms with Crippen molar-refractivity contribution < 1.29 is 15.0 Å². The van der Waals surface area contributed by atoms with Crippen molar-refractivity contribution in [3.8, 4) is 6.07 Å². The number of likely N-dealkylation sites (tertiary alicyclic amines) is 1. The lowest BCUT2D eigenvalue weighted by Gasteiger charge is -2.62. The Morgan fingerprint density at radius 1 is 1.35 bits per heavy atom. The Morgan fingerprint density at radius 3 is 2.65 bits per heavy atom. The summed E-state index contributed by atoms with van der Waals surface area (Å²) in [5, 5.41) is 32.8. The molecule has 0 spiro atoms. The van der Waals surface area contributed by atoms with Crippen molar-refractivity contribution in [2.75, 3.05) is 13.1 Å². The summed E-state index contributed by atoms with van der Waals surface area (Å²) in [5.41, 5.74) is -1.15. The predicted octanol–water partition coefficient (Wildman–Crippen LogP) is -0.0326. The maximum Gasteiger partial charge on any atom is 0.279 e. The van der Waals surface area contributed by atoms with Gasteiger partial charge in [-0.05, 0) is 43.9 Å². The summed E-state index contributed by atoms with van der Waals surface area (Å²) in [5.74, 6) is 0.694. The Bertz CT molecular complexity index is 544. The number of hydrogen-bond acceptors (Lipinski definition) is 4. The van der Waals surface area contributed by atoms with Gasteiger partial charge in [-0.3, -0.25) is 4.79 Å². The quantitative estimate of drug-likeness (QED) is 0.715. The smallest absolute Gasteiger partial charge is 0.279 e. The molecule has 0 aromatic heterocycles. The van der Waals surface area contributed by atoms with Crippen molar-refractivity contribution in [3.63, 3.8) is 0 Å². The molecule has 1 heterocycles. The number of nitrogens with one attached hydrogen (secondary N) is 1. The Balaban J connectivity index is 1.48. The van der Waals surface area contributed by atoms with Gasteiger partial charge in [-0.15, -0.1) is 0 Å². The van der Waals surface area contributed by atoms with E-state index in [1.807, 2.05) is 0 Å². The molecule has 1 amide bonds. The van der Waals surface area contributed by atoms with Crippen molar-refractivity contribution in [1.82, 2.24) is 4.90 Å². The number of nitrogens with zero attached hydrogens (tertiary/aromatic N) is 2. The van der Waals surface area contributed by atoms with Gasteiger partial charge in [0.1, 0.15) is 11.6 Å². The summed E-state index contributed by atoms with van der Waals surface area (Å²) in [6.45, 7) is 0.500. The van der Waals surface area contributed by atoms with E-state index in [2.05, 4.69) is 6.07 Å². The van der Waals surface area contributed by atoms with Crippen LogP contribution in [0.2, 0.25) is 0 Å². The molecular formula is C17H25N3O3. The Kier molecular flexibility index (Phi) is 3.45. The second kappa shape index (κ2) is 5.17. The highest BCUT2D eigenvalue weighted by Crippen LogP contribution is 2.56. The van der Waals surface area contributed by atoms with Crippen LogP contribution in [0.15, 0.2) is 0 Å². The molecule has 4 aliphatic carbocycles. The van der Waals surface area contributed by atoms with Gasteiger partial charge in [0.05, 0.1) is 11.7 Å². The van der Waals surface area contributed by atoms with E-state index >= 15 is 0 Å². The standard InChI is InChI=1S/C17H25N3O3/c18-9-14-2-1-3-19(14)15(21)10-20(23)16-5-12-4-13(6-16)8-17(22,7-12)11-16/h12-14,20,22H,1-8,10-11H2/t12?,13?,14-,16?,17?/m0/s1. The third-order valence-electron chi connectivity index (χ3n) is 6.66. The molecule has 6 nitrogen and oxygen atoms in total. The summed E-state index contributed by atoms with van der Waals surface area (Å²) in [7, 11) is 0. The molecule has 5 rings (SSSR count). The van der Waals surface area contributed by atoms with Crippen LogP contribution >= 0.6 is 0 Å². The SMILES string of the molecule is N#C[C@@H]1CCCN1C(=O)C[NH+]([O-])C12CC3CC(CC(O)(C3)C1)C2. The van der Waals surface area contributed by atoms with Gasteiger partial charge in [-0.25, -0.2) is 0 Å². The van der Waals surface area contributed by atoms with E-state index in [4.69, 9.17) is 5.26 Å². The number of amides is 1. The fourth-order valence-electron chi connectivity index (χ4n) is 6.17. The first-order chi connectivity index (χ1) is 10.9. The van der Waals surface area contributed by atoms with Crippen LogP contribution in [0.4, 0.5) is 0 Å². The molecule has 4 saturated carbocycles. The van der Waals surface area contributed by atoms with Crippen LogP contribution < -0.4 is 5.06 Å². The maximum atomic E-state index is 13.0. The molecule has 23 heavy (non-hydrogen) atoms. The average Bonchev–Trinajstić information content (AvgIpc) is 2.93. The van der Waals surface area contributed by atoms with Crippen molar-refractivity contribution >= 4 is 5.91 Å². The number of carbonyl (C=O) groups excluding carboxylic acids is 1. The summed E-state index contributed by atoms with van der Waals surface area (Å²) in [4.78, 5) is 14.1. The van der Waals surface area contributed by atoms with Gasteiger partial charge >= 0.3 is 0 Å². The Labute approximate surface area is 136 Å². The van der Waals surface area contributed by atoms with Gasteiger partial charge in [-0.2, -0.15) is 5.26 Å². The van der Waals surface area contributed by atoms with Crippen LogP contribution in [0.5, 0.6) is 0 Å². The molecule has 1 saturated heterocycles. The zero-order chi connectivity index (χ0) is 16.2. The second-order valence-corrected chi connectivity index (χ2v) is 8.44. The molecule has 1 aliphatic heterocycles. The first-order valence-corrected chi connectivity index (χ1v) is 8.88. The molecule has 126 valence electrons. The first kappa shape index (κ1) is 15.4. The van der Waals surface area contributed by atoms with Crippen LogP contribution in [-0.4, -0.2) is 46.2 Å². The van der Waals surface area contributed by atoms with E-state index in [1.165, 1.54) is 0 Å². The topological polar surface area (TPSA) is 91.8 Å². The lowest BCUT2D eigenvalue weighted by Crippen LogP contribution is -3.18.